The zero-order chi connectivity index (χ0) is 14.1. The van der Waals surface area contributed by atoms with E-state index >= 15 is 0 Å². The van der Waals surface area contributed by atoms with Crippen molar-refractivity contribution in [2.75, 3.05) is 12.4 Å². The van der Waals surface area contributed by atoms with E-state index in [0.29, 0.717) is 5.82 Å². The number of carboxylic acids is 1. The molecule has 1 aromatic carbocycles. The van der Waals surface area contributed by atoms with Gasteiger partial charge in [0.2, 0.25) is 0 Å². The molecule has 0 bridgehead atoms. The monoisotopic (exact) mass is 272 g/mol. The molecule has 0 radical (unpaired) electrons. The number of carbonyl (C=O) groups is 1. The van der Waals surface area contributed by atoms with Crippen molar-refractivity contribution in [3.05, 3.63) is 30.5 Å². The van der Waals surface area contributed by atoms with Crippen LogP contribution >= 0.6 is 0 Å². The van der Waals surface area contributed by atoms with Gasteiger partial charge in [0.15, 0.2) is 0 Å². The molecule has 0 spiro atoms. The third kappa shape index (κ3) is 2.39. The first kappa shape index (κ1) is 12.7. The summed E-state index contributed by atoms with van der Waals surface area (Å²) in [5.74, 6) is 0.705. The van der Waals surface area contributed by atoms with Crippen molar-refractivity contribution in [2.45, 2.75) is 18.9 Å². The standard InChI is InChI=1S/C15H16N2O3/c1-20-11-5-4-9-6-7-16-14(12(9)8-11)17-13(15(18)19)10-2-3-10/h4-8,10,13H,2-3H2,1H3,(H,16,17)(H,18,19). The van der Waals surface area contributed by atoms with Gasteiger partial charge in [0.05, 0.1) is 7.11 Å². The first-order chi connectivity index (χ1) is 9.69. The van der Waals surface area contributed by atoms with E-state index in [1.54, 1.807) is 13.3 Å². The molecule has 1 fully saturated rings. The van der Waals surface area contributed by atoms with Crippen molar-refractivity contribution >= 4 is 22.6 Å². The van der Waals surface area contributed by atoms with E-state index in [-0.39, 0.29) is 5.92 Å². The van der Waals surface area contributed by atoms with Crippen LogP contribution in [0.2, 0.25) is 0 Å². The van der Waals surface area contributed by atoms with Gasteiger partial charge < -0.3 is 15.2 Å². The second kappa shape index (κ2) is 5.00. The number of carboxylic acid groups (broad SMARTS) is 1. The molecule has 5 nitrogen and oxygen atoms in total. The molecule has 2 aromatic rings. The molecule has 1 saturated carbocycles. The zero-order valence-electron chi connectivity index (χ0n) is 11.2. The van der Waals surface area contributed by atoms with Crippen molar-refractivity contribution in [2.24, 2.45) is 5.92 Å². The number of aliphatic carboxylic acids is 1. The van der Waals surface area contributed by atoms with Crippen molar-refractivity contribution < 1.29 is 14.6 Å². The number of hydrogen-bond donors (Lipinski definition) is 2. The quantitative estimate of drug-likeness (QED) is 0.875. The second-order valence-corrected chi connectivity index (χ2v) is 5.04. The van der Waals surface area contributed by atoms with Crippen molar-refractivity contribution in [3.63, 3.8) is 0 Å². The van der Waals surface area contributed by atoms with E-state index in [1.807, 2.05) is 24.3 Å². The highest BCUT2D eigenvalue weighted by molar-refractivity contribution is 5.94. The molecule has 1 unspecified atom stereocenters. The number of rotatable bonds is 5. The summed E-state index contributed by atoms with van der Waals surface area (Å²) in [6, 6.07) is 7.01. The number of benzene rings is 1. The third-order valence-corrected chi connectivity index (χ3v) is 3.62. The summed E-state index contributed by atoms with van der Waals surface area (Å²) in [5.41, 5.74) is 0. The van der Waals surface area contributed by atoms with Gasteiger partial charge in [-0.15, -0.1) is 0 Å². The van der Waals surface area contributed by atoms with Crippen LogP contribution < -0.4 is 10.1 Å². The molecular formula is C15H16N2O3. The third-order valence-electron chi connectivity index (χ3n) is 3.62. The smallest absolute Gasteiger partial charge is 0.326 e. The molecular weight excluding hydrogens is 256 g/mol. The fraction of sp³-hybridized carbons (Fsp3) is 0.333. The van der Waals surface area contributed by atoms with Crippen LogP contribution in [0, 0.1) is 5.92 Å². The minimum absolute atomic E-state index is 0.204. The molecule has 0 aliphatic heterocycles. The van der Waals surface area contributed by atoms with Crippen molar-refractivity contribution in [1.29, 1.82) is 0 Å². The van der Waals surface area contributed by atoms with Gasteiger partial charge in [0.1, 0.15) is 17.6 Å². The van der Waals surface area contributed by atoms with Gasteiger partial charge in [-0.3, -0.25) is 0 Å². The maximum Gasteiger partial charge on any atom is 0.326 e. The minimum atomic E-state index is -0.825. The molecule has 20 heavy (non-hydrogen) atoms. The normalized spacial score (nSPS) is 15.8. The summed E-state index contributed by atoms with van der Waals surface area (Å²) in [7, 11) is 1.61. The Labute approximate surface area is 116 Å². The average molecular weight is 272 g/mol. The average Bonchev–Trinajstić information content (AvgIpc) is 3.28. The molecule has 1 atom stereocenters. The topological polar surface area (TPSA) is 71.5 Å². The number of fused-ring (bicyclic) bond motifs is 1. The number of aromatic nitrogens is 1. The van der Waals surface area contributed by atoms with E-state index < -0.39 is 12.0 Å². The number of nitrogens with zero attached hydrogens (tertiary/aromatic N) is 1. The molecule has 2 N–H and O–H groups in total. The van der Waals surface area contributed by atoms with Gasteiger partial charge in [-0.25, -0.2) is 9.78 Å². The van der Waals surface area contributed by atoms with Crippen LogP contribution in [0.5, 0.6) is 5.75 Å². The van der Waals surface area contributed by atoms with Crippen molar-refractivity contribution in [3.8, 4) is 5.75 Å². The van der Waals surface area contributed by atoms with Crippen molar-refractivity contribution in [1.82, 2.24) is 4.98 Å². The Morgan fingerprint density at radius 2 is 2.25 bits per heavy atom. The maximum absolute atomic E-state index is 11.3. The Morgan fingerprint density at radius 3 is 2.90 bits per heavy atom. The van der Waals surface area contributed by atoms with Crippen LogP contribution in [0.1, 0.15) is 12.8 Å². The summed E-state index contributed by atoms with van der Waals surface area (Å²) in [6.45, 7) is 0. The Morgan fingerprint density at radius 1 is 1.45 bits per heavy atom. The Kier molecular flexibility index (Phi) is 3.18. The fourth-order valence-corrected chi connectivity index (χ4v) is 2.35. The molecule has 104 valence electrons. The summed E-state index contributed by atoms with van der Waals surface area (Å²) in [5, 5.41) is 14.2. The Hall–Kier alpha value is -2.30. The summed E-state index contributed by atoms with van der Waals surface area (Å²) >= 11 is 0. The Balaban J connectivity index is 1.99. The highest BCUT2D eigenvalue weighted by Gasteiger charge is 2.36. The molecule has 0 amide bonds. The lowest BCUT2D eigenvalue weighted by Gasteiger charge is -2.16. The highest BCUT2D eigenvalue weighted by atomic mass is 16.5. The van der Waals surface area contributed by atoms with Gasteiger partial charge in [-0.2, -0.15) is 0 Å². The molecule has 1 aliphatic rings. The van der Waals surface area contributed by atoms with E-state index in [9.17, 15) is 9.90 Å². The lowest BCUT2D eigenvalue weighted by Crippen LogP contribution is -2.31. The molecule has 1 aromatic heterocycles. The number of pyridine rings is 1. The number of methoxy groups -OCH3 is 1. The van der Waals surface area contributed by atoms with Gasteiger partial charge >= 0.3 is 5.97 Å². The number of ether oxygens (including phenoxy) is 1. The van der Waals surface area contributed by atoms with Crippen LogP contribution in [0.25, 0.3) is 10.8 Å². The number of anilines is 1. The first-order valence-electron chi connectivity index (χ1n) is 6.61. The first-order valence-corrected chi connectivity index (χ1v) is 6.61. The van der Waals surface area contributed by atoms with Crippen LogP contribution in [-0.2, 0) is 4.79 Å². The summed E-state index contributed by atoms with van der Waals surface area (Å²) in [6.07, 6.45) is 3.60. The SMILES string of the molecule is COc1ccc2ccnc(NC(C(=O)O)C3CC3)c2c1. The second-order valence-electron chi connectivity index (χ2n) is 5.04. The van der Waals surface area contributed by atoms with Crippen LogP contribution in [0.3, 0.4) is 0 Å². The maximum atomic E-state index is 11.3. The van der Waals surface area contributed by atoms with Gasteiger partial charge in [-0.05, 0) is 42.3 Å². The lowest BCUT2D eigenvalue weighted by molar-refractivity contribution is -0.138. The van der Waals surface area contributed by atoms with E-state index in [2.05, 4.69) is 10.3 Å². The van der Waals surface area contributed by atoms with E-state index in [1.165, 1.54) is 0 Å². The number of hydrogen-bond acceptors (Lipinski definition) is 4. The predicted octanol–water partition coefficient (Wildman–Crippen LogP) is 2.52. The van der Waals surface area contributed by atoms with Crippen LogP contribution in [-0.4, -0.2) is 29.2 Å². The van der Waals surface area contributed by atoms with E-state index in [0.717, 1.165) is 29.4 Å². The summed E-state index contributed by atoms with van der Waals surface area (Å²) < 4.78 is 5.22. The van der Waals surface area contributed by atoms with Crippen LogP contribution in [0.15, 0.2) is 30.5 Å². The summed E-state index contributed by atoms with van der Waals surface area (Å²) in [4.78, 5) is 15.6. The van der Waals surface area contributed by atoms with Gasteiger partial charge in [-0.1, -0.05) is 6.07 Å². The zero-order valence-corrected chi connectivity index (χ0v) is 11.2. The molecule has 5 heteroatoms. The molecule has 3 rings (SSSR count). The largest absolute Gasteiger partial charge is 0.497 e. The fourth-order valence-electron chi connectivity index (χ4n) is 2.35. The van der Waals surface area contributed by atoms with Gasteiger partial charge in [0.25, 0.3) is 0 Å². The van der Waals surface area contributed by atoms with E-state index in [4.69, 9.17) is 4.74 Å². The Bertz CT molecular complexity index is 653. The number of nitrogens with one attached hydrogen (secondary N) is 1. The minimum Gasteiger partial charge on any atom is -0.497 e. The van der Waals surface area contributed by atoms with Crippen LogP contribution in [0.4, 0.5) is 5.82 Å². The highest BCUT2D eigenvalue weighted by Crippen LogP contribution is 2.35. The lowest BCUT2D eigenvalue weighted by atomic mass is 10.1. The predicted molar refractivity (Wildman–Crippen MR) is 76.1 cm³/mol. The van der Waals surface area contributed by atoms with Gasteiger partial charge in [0, 0.05) is 11.6 Å². The molecule has 1 heterocycles. The molecule has 1 aliphatic carbocycles. The molecule has 0 saturated heterocycles.